The number of hydrogen-bond acceptors (Lipinski definition) is 4. The molecule has 8 nitrogen and oxygen atoms in total. The molecule has 0 radical (unpaired) electrons. The first-order valence-electron chi connectivity index (χ1n) is 8.08. The third-order valence-electron chi connectivity index (χ3n) is 3.77. The van der Waals surface area contributed by atoms with Crippen LogP contribution in [0.5, 0.6) is 5.75 Å². The van der Waals surface area contributed by atoms with Crippen molar-refractivity contribution < 1.29 is 24.2 Å². The van der Waals surface area contributed by atoms with E-state index in [0.29, 0.717) is 36.6 Å². The lowest BCUT2D eigenvalue weighted by molar-refractivity contribution is -0.137. The van der Waals surface area contributed by atoms with Gasteiger partial charge in [-0.2, -0.15) is 0 Å². The maximum absolute atomic E-state index is 12.8. The highest BCUT2D eigenvalue weighted by Crippen LogP contribution is 2.31. The number of benzene rings is 1. The SMILES string of the molecule is COc1ccc(C(=O)N(CC(=O)O)CC(C)C)cc1N1CCNC1=O. The Balaban J connectivity index is 2.35. The molecule has 0 aromatic heterocycles. The molecule has 2 N–H and O–H groups in total. The highest BCUT2D eigenvalue weighted by Gasteiger charge is 2.26. The fourth-order valence-corrected chi connectivity index (χ4v) is 2.74. The van der Waals surface area contributed by atoms with Gasteiger partial charge in [0.25, 0.3) is 5.91 Å². The molecule has 8 heteroatoms. The van der Waals surface area contributed by atoms with Crippen LogP contribution in [0.3, 0.4) is 0 Å². The zero-order chi connectivity index (χ0) is 18.6. The van der Waals surface area contributed by atoms with Crippen molar-refractivity contribution in [2.45, 2.75) is 13.8 Å². The number of methoxy groups -OCH3 is 1. The normalized spacial score (nSPS) is 13.8. The van der Waals surface area contributed by atoms with Crippen LogP contribution >= 0.6 is 0 Å². The summed E-state index contributed by atoms with van der Waals surface area (Å²) >= 11 is 0. The molecular weight excluding hydrogens is 326 g/mol. The lowest BCUT2D eigenvalue weighted by Crippen LogP contribution is -2.38. The Bertz CT molecular complexity index is 674. The third-order valence-corrected chi connectivity index (χ3v) is 3.77. The summed E-state index contributed by atoms with van der Waals surface area (Å²) in [6.07, 6.45) is 0. The molecule has 0 unspecified atom stereocenters. The van der Waals surface area contributed by atoms with E-state index in [9.17, 15) is 14.4 Å². The van der Waals surface area contributed by atoms with Gasteiger partial charge in [-0.25, -0.2) is 4.79 Å². The van der Waals surface area contributed by atoms with Crippen LogP contribution < -0.4 is 15.0 Å². The molecule has 0 bridgehead atoms. The molecular formula is C17H23N3O5. The Morgan fingerprint density at radius 3 is 2.64 bits per heavy atom. The summed E-state index contributed by atoms with van der Waals surface area (Å²) < 4.78 is 5.29. The summed E-state index contributed by atoms with van der Waals surface area (Å²) in [5, 5.41) is 11.8. The standard InChI is InChI=1S/C17H23N3O5/c1-11(2)9-19(10-15(21)22)16(23)12-4-5-14(25-3)13(8-12)20-7-6-18-17(20)24/h4-5,8,11H,6-7,9-10H2,1-3H3,(H,18,24)(H,21,22). The van der Waals surface area contributed by atoms with Crippen molar-refractivity contribution in [3.05, 3.63) is 23.8 Å². The molecule has 1 aromatic carbocycles. The summed E-state index contributed by atoms with van der Waals surface area (Å²) in [5.41, 5.74) is 0.806. The van der Waals surface area contributed by atoms with Crippen LogP contribution in [0.4, 0.5) is 10.5 Å². The van der Waals surface area contributed by atoms with Gasteiger partial charge in [-0.3, -0.25) is 14.5 Å². The van der Waals surface area contributed by atoms with Gasteiger partial charge in [-0.1, -0.05) is 13.8 Å². The van der Waals surface area contributed by atoms with Crippen molar-refractivity contribution in [3.8, 4) is 5.75 Å². The largest absolute Gasteiger partial charge is 0.495 e. The predicted molar refractivity (Wildman–Crippen MR) is 92.1 cm³/mol. The summed E-state index contributed by atoms with van der Waals surface area (Å²) in [7, 11) is 1.49. The molecule has 2 rings (SSSR count). The van der Waals surface area contributed by atoms with Gasteiger partial charge in [0.1, 0.15) is 12.3 Å². The number of urea groups is 1. The van der Waals surface area contributed by atoms with Crippen molar-refractivity contribution >= 4 is 23.6 Å². The number of anilines is 1. The van der Waals surface area contributed by atoms with Gasteiger partial charge in [0, 0.05) is 25.2 Å². The third kappa shape index (κ3) is 4.40. The topological polar surface area (TPSA) is 99.2 Å². The number of hydrogen-bond donors (Lipinski definition) is 2. The van der Waals surface area contributed by atoms with E-state index in [0.717, 1.165) is 0 Å². The van der Waals surface area contributed by atoms with E-state index < -0.39 is 5.97 Å². The number of amides is 3. The van der Waals surface area contributed by atoms with Gasteiger partial charge in [0.05, 0.1) is 12.8 Å². The number of carboxylic acids is 1. The first-order valence-corrected chi connectivity index (χ1v) is 8.08. The maximum Gasteiger partial charge on any atom is 0.323 e. The molecule has 25 heavy (non-hydrogen) atoms. The monoisotopic (exact) mass is 349 g/mol. The second kappa shape index (κ2) is 7.87. The number of carboxylic acid groups (broad SMARTS) is 1. The fourth-order valence-electron chi connectivity index (χ4n) is 2.74. The number of carbonyl (C=O) groups excluding carboxylic acids is 2. The smallest absolute Gasteiger partial charge is 0.323 e. The van der Waals surface area contributed by atoms with E-state index in [1.165, 1.54) is 16.9 Å². The molecule has 1 aromatic rings. The first kappa shape index (κ1) is 18.6. The molecule has 1 aliphatic heterocycles. The number of nitrogens with zero attached hydrogens (tertiary/aromatic N) is 2. The van der Waals surface area contributed by atoms with E-state index in [-0.39, 0.29) is 24.4 Å². The minimum atomic E-state index is -1.07. The fraction of sp³-hybridized carbons (Fsp3) is 0.471. The van der Waals surface area contributed by atoms with E-state index >= 15 is 0 Å². The first-order chi connectivity index (χ1) is 11.8. The van der Waals surface area contributed by atoms with Crippen LogP contribution in [-0.2, 0) is 4.79 Å². The lowest BCUT2D eigenvalue weighted by Gasteiger charge is -2.24. The number of nitrogens with one attached hydrogen (secondary N) is 1. The summed E-state index contributed by atoms with van der Waals surface area (Å²) in [6.45, 7) is 4.77. The molecule has 1 fully saturated rings. The van der Waals surface area contributed by atoms with E-state index in [1.54, 1.807) is 18.2 Å². The molecule has 136 valence electrons. The van der Waals surface area contributed by atoms with Crippen molar-refractivity contribution in [2.24, 2.45) is 5.92 Å². The number of rotatable bonds is 7. The average molecular weight is 349 g/mol. The summed E-state index contributed by atoms with van der Waals surface area (Å²) in [5.74, 6) is -0.853. The molecule has 1 saturated heterocycles. The van der Waals surface area contributed by atoms with Crippen molar-refractivity contribution in [1.82, 2.24) is 10.2 Å². The highest BCUT2D eigenvalue weighted by atomic mass is 16.5. The van der Waals surface area contributed by atoms with E-state index in [1.807, 2.05) is 13.8 Å². The van der Waals surface area contributed by atoms with Crippen LogP contribution in [0.25, 0.3) is 0 Å². The highest BCUT2D eigenvalue weighted by molar-refractivity contribution is 6.00. The average Bonchev–Trinajstić information content (AvgIpc) is 2.98. The molecule has 0 atom stereocenters. The summed E-state index contributed by atoms with van der Waals surface area (Å²) in [4.78, 5) is 38.6. The van der Waals surface area contributed by atoms with Crippen LogP contribution in [-0.4, -0.2) is 61.2 Å². The molecule has 0 saturated carbocycles. The minimum absolute atomic E-state index is 0.130. The van der Waals surface area contributed by atoms with Crippen molar-refractivity contribution in [2.75, 3.05) is 38.2 Å². The van der Waals surface area contributed by atoms with Crippen molar-refractivity contribution in [1.29, 1.82) is 0 Å². The Morgan fingerprint density at radius 1 is 1.40 bits per heavy atom. The number of carbonyl (C=O) groups is 3. The summed E-state index contributed by atoms with van der Waals surface area (Å²) in [6, 6.07) is 4.50. The number of ether oxygens (including phenoxy) is 1. The molecule has 1 aliphatic rings. The van der Waals surface area contributed by atoms with E-state index in [2.05, 4.69) is 5.32 Å². The maximum atomic E-state index is 12.8. The van der Waals surface area contributed by atoms with Gasteiger partial charge >= 0.3 is 12.0 Å². The van der Waals surface area contributed by atoms with Gasteiger partial charge in [-0.15, -0.1) is 0 Å². The predicted octanol–water partition coefficient (Wildman–Crippen LogP) is 1.41. The lowest BCUT2D eigenvalue weighted by atomic mass is 10.1. The van der Waals surface area contributed by atoms with Crippen molar-refractivity contribution in [3.63, 3.8) is 0 Å². The molecule has 0 aliphatic carbocycles. The van der Waals surface area contributed by atoms with Gasteiger partial charge < -0.3 is 20.1 Å². The Hall–Kier alpha value is -2.77. The van der Waals surface area contributed by atoms with Gasteiger partial charge in [0.15, 0.2) is 0 Å². The van der Waals surface area contributed by atoms with Crippen LogP contribution in [0, 0.1) is 5.92 Å². The molecule has 3 amide bonds. The van der Waals surface area contributed by atoms with Crippen LogP contribution in [0.1, 0.15) is 24.2 Å². The van der Waals surface area contributed by atoms with Gasteiger partial charge in [0.2, 0.25) is 0 Å². The van der Waals surface area contributed by atoms with Gasteiger partial charge in [-0.05, 0) is 24.1 Å². The second-order valence-electron chi connectivity index (χ2n) is 6.24. The quantitative estimate of drug-likeness (QED) is 0.775. The second-order valence-corrected chi connectivity index (χ2v) is 6.24. The Labute approximate surface area is 146 Å². The number of aliphatic carboxylic acids is 1. The Kier molecular flexibility index (Phi) is 5.84. The molecule has 0 spiro atoms. The van der Waals surface area contributed by atoms with Crippen LogP contribution in [0.2, 0.25) is 0 Å². The van der Waals surface area contributed by atoms with E-state index in [4.69, 9.17) is 9.84 Å². The Morgan fingerprint density at radius 2 is 2.12 bits per heavy atom. The zero-order valence-corrected chi connectivity index (χ0v) is 14.6. The van der Waals surface area contributed by atoms with Crippen LogP contribution in [0.15, 0.2) is 18.2 Å². The molecule has 1 heterocycles. The minimum Gasteiger partial charge on any atom is -0.495 e. The zero-order valence-electron chi connectivity index (χ0n) is 14.6.